The Labute approximate surface area is 109 Å². The predicted octanol–water partition coefficient (Wildman–Crippen LogP) is 3.44. The summed E-state index contributed by atoms with van der Waals surface area (Å²) >= 11 is 11.8. The molecule has 0 saturated heterocycles. The molecule has 5 heteroatoms. The lowest BCUT2D eigenvalue weighted by atomic mass is 10.1. The Morgan fingerprint density at radius 1 is 1.41 bits per heavy atom. The van der Waals surface area contributed by atoms with Crippen LogP contribution in [0, 0.1) is 0 Å². The van der Waals surface area contributed by atoms with Crippen LogP contribution in [0.15, 0.2) is 30.6 Å². The Morgan fingerprint density at radius 3 is 2.82 bits per heavy atom. The van der Waals surface area contributed by atoms with Crippen LogP contribution < -0.4 is 0 Å². The largest absolute Gasteiger partial charge is 0.328 e. The van der Waals surface area contributed by atoms with Crippen molar-refractivity contribution in [1.82, 2.24) is 9.55 Å². The van der Waals surface area contributed by atoms with Gasteiger partial charge in [-0.1, -0.05) is 23.2 Å². The third kappa shape index (κ3) is 2.35. The molecule has 2 rings (SSSR count). The molecular weight excluding hydrogens is 259 g/mol. The molecule has 0 atom stereocenters. The van der Waals surface area contributed by atoms with Gasteiger partial charge in [-0.2, -0.15) is 0 Å². The van der Waals surface area contributed by atoms with E-state index in [4.69, 9.17) is 23.2 Å². The number of aromatic nitrogens is 2. The van der Waals surface area contributed by atoms with E-state index in [1.807, 2.05) is 6.92 Å². The lowest BCUT2D eigenvalue weighted by Gasteiger charge is -2.05. The SMILES string of the molecule is CCn1ccnc1C(=O)c1ccc(Cl)cc1Cl. The van der Waals surface area contributed by atoms with Crippen molar-refractivity contribution < 1.29 is 4.79 Å². The molecule has 0 unspecified atom stereocenters. The van der Waals surface area contributed by atoms with E-state index in [2.05, 4.69) is 4.98 Å². The van der Waals surface area contributed by atoms with Gasteiger partial charge in [-0.25, -0.2) is 4.98 Å². The standard InChI is InChI=1S/C12H10Cl2N2O/c1-2-16-6-5-15-12(16)11(17)9-4-3-8(13)7-10(9)14/h3-7H,2H2,1H3. The highest BCUT2D eigenvalue weighted by Crippen LogP contribution is 2.23. The highest BCUT2D eigenvalue weighted by atomic mass is 35.5. The molecule has 88 valence electrons. The summed E-state index contributed by atoms with van der Waals surface area (Å²) in [5, 5.41) is 0.846. The van der Waals surface area contributed by atoms with Gasteiger partial charge in [0, 0.05) is 29.5 Å². The molecule has 1 aromatic heterocycles. The van der Waals surface area contributed by atoms with Gasteiger partial charge in [-0.15, -0.1) is 0 Å². The van der Waals surface area contributed by atoms with Crippen molar-refractivity contribution in [3.8, 4) is 0 Å². The topological polar surface area (TPSA) is 34.9 Å². The molecule has 0 amide bonds. The second-order valence-electron chi connectivity index (χ2n) is 3.49. The second-order valence-corrected chi connectivity index (χ2v) is 4.33. The van der Waals surface area contributed by atoms with Crippen molar-refractivity contribution in [2.45, 2.75) is 13.5 Å². The lowest BCUT2D eigenvalue weighted by molar-refractivity contribution is 0.102. The monoisotopic (exact) mass is 268 g/mol. The molecule has 0 spiro atoms. The van der Waals surface area contributed by atoms with E-state index in [1.54, 1.807) is 35.2 Å². The van der Waals surface area contributed by atoms with Gasteiger partial charge < -0.3 is 4.57 Å². The van der Waals surface area contributed by atoms with Crippen molar-refractivity contribution in [1.29, 1.82) is 0 Å². The van der Waals surface area contributed by atoms with E-state index in [0.29, 0.717) is 28.0 Å². The highest BCUT2D eigenvalue weighted by molar-refractivity contribution is 6.37. The van der Waals surface area contributed by atoms with Crippen molar-refractivity contribution in [3.63, 3.8) is 0 Å². The zero-order valence-electron chi connectivity index (χ0n) is 9.15. The van der Waals surface area contributed by atoms with Gasteiger partial charge in [-0.05, 0) is 25.1 Å². The van der Waals surface area contributed by atoms with E-state index >= 15 is 0 Å². The molecule has 0 aliphatic carbocycles. The predicted molar refractivity (Wildman–Crippen MR) is 67.8 cm³/mol. The Morgan fingerprint density at radius 2 is 2.18 bits per heavy atom. The summed E-state index contributed by atoms with van der Waals surface area (Å²) in [4.78, 5) is 16.3. The molecule has 1 aromatic carbocycles. The first-order valence-corrected chi connectivity index (χ1v) is 5.90. The summed E-state index contributed by atoms with van der Waals surface area (Å²) in [7, 11) is 0. The van der Waals surface area contributed by atoms with Crippen molar-refractivity contribution >= 4 is 29.0 Å². The minimum atomic E-state index is -0.196. The fourth-order valence-corrected chi connectivity index (χ4v) is 2.06. The smallest absolute Gasteiger partial charge is 0.229 e. The summed E-state index contributed by atoms with van der Waals surface area (Å²) in [5.74, 6) is 0.190. The van der Waals surface area contributed by atoms with Crippen LogP contribution in [0.25, 0.3) is 0 Å². The first-order valence-electron chi connectivity index (χ1n) is 5.14. The molecule has 0 N–H and O–H groups in total. The van der Waals surface area contributed by atoms with E-state index in [-0.39, 0.29) is 5.78 Å². The number of ketones is 1. The van der Waals surface area contributed by atoms with Crippen LogP contribution >= 0.6 is 23.2 Å². The second kappa shape index (κ2) is 4.90. The third-order valence-electron chi connectivity index (χ3n) is 2.44. The number of hydrogen-bond acceptors (Lipinski definition) is 2. The van der Waals surface area contributed by atoms with Gasteiger partial charge >= 0.3 is 0 Å². The van der Waals surface area contributed by atoms with Crippen molar-refractivity contribution in [3.05, 3.63) is 52.0 Å². The summed E-state index contributed by atoms with van der Waals surface area (Å²) < 4.78 is 1.77. The highest BCUT2D eigenvalue weighted by Gasteiger charge is 2.17. The maximum Gasteiger partial charge on any atom is 0.229 e. The number of carbonyl (C=O) groups excluding carboxylic acids is 1. The number of halogens is 2. The Balaban J connectivity index is 2.44. The summed E-state index contributed by atoms with van der Waals surface area (Å²) in [6.45, 7) is 2.63. The van der Waals surface area contributed by atoms with Crippen LogP contribution in [0.2, 0.25) is 10.0 Å². The summed E-state index contributed by atoms with van der Waals surface area (Å²) in [6.07, 6.45) is 3.36. The number of benzene rings is 1. The van der Waals surface area contributed by atoms with Gasteiger partial charge in [0.2, 0.25) is 5.78 Å². The van der Waals surface area contributed by atoms with Crippen LogP contribution in [-0.4, -0.2) is 15.3 Å². The van der Waals surface area contributed by atoms with Crippen LogP contribution in [0.5, 0.6) is 0 Å². The fourth-order valence-electron chi connectivity index (χ4n) is 1.57. The zero-order chi connectivity index (χ0) is 12.4. The van der Waals surface area contributed by atoms with E-state index in [9.17, 15) is 4.79 Å². The Bertz CT molecular complexity index is 563. The minimum absolute atomic E-state index is 0.196. The molecule has 0 aliphatic heterocycles. The number of hydrogen-bond donors (Lipinski definition) is 0. The minimum Gasteiger partial charge on any atom is -0.328 e. The zero-order valence-corrected chi connectivity index (χ0v) is 10.7. The van der Waals surface area contributed by atoms with Gasteiger partial charge in [0.1, 0.15) is 0 Å². The molecule has 0 aliphatic rings. The van der Waals surface area contributed by atoms with Gasteiger partial charge in [0.25, 0.3) is 0 Å². The molecule has 0 bridgehead atoms. The molecule has 2 aromatic rings. The number of imidazole rings is 1. The molecule has 3 nitrogen and oxygen atoms in total. The summed E-state index contributed by atoms with van der Waals surface area (Å²) in [6, 6.07) is 4.80. The normalized spacial score (nSPS) is 10.5. The van der Waals surface area contributed by atoms with E-state index < -0.39 is 0 Å². The van der Waals surface area contributed by atoms with Crippen LogP contribution in [0.3, 0.4) is 0 Å². The molecule has 0 radical (unpaired) electrons. The lowest BCUT2D eigenvalue weighted by Crippen LogP contribution is -2.10. The van der Waals surface area contributed by atoms with E-state index in [1.165, 1.54) is 0 Å². The molecule has 0 fully saturated rings. The molecule has 17 heavy (non-hydrogen) atoms. The van der Waals surface area contributed by atoms with Crippen LogP contribution in [-0.2, 0) is 6.54 Å². The quantitative estimate of drug-likeness (QED) is 0.800. The average Bonchev–Trinajstić information content (AvgIpc) is 2.76. The Kier molecular flexibility index (Phi) is 3.50. The number of aryl methyl sites for hydroxylation is 1. The number of nitrogens with zero attached hydrogens (tertiary/aromatic N) is 2. The van der Waals surface area contributed by atoms with E-state index in [0.717, 1.165) is 0 Å². The Hall–Kier alpha value is -1.32. The third-order valence-corrected chi connectivity index (χ3v) is 2.98. The summed E-state index contributed by atoms with van der Waals surface area (Å²) in [5.41, 5.74) is 0.414. The molecular formula is C12H10Cl2N2O. The maximum absolute atomic E-state index is 12.2. The van der Waals surface area contributed by atoms with Gasteiger partial charge in [0.15, 0.2) is 5.82 Å². The number of carbonyl (C=O) groups is 1. The first kappa shape index (κ1) is 12.1. The van der Waals surface area contributed by atoms with Crippen molar-refractivity contribution in [2.75, 3.05) is 0 Å². The molecule has 0 saturated carbocycles. The fraction of sp³-hybridized carbons (Fsp3) is 0.167. The first-order chi connectivity index (χ1) is 8.13. The van der Waals surface area contributed by atoms with Crippen LogP contribution in [0.4, 0.5) is 0 Å². The van der Waals surface area contributed by atoms with Crippen molar-refractivity contribution in [2.24, 2.45) is 0 Å². The molecule has 1 heterocycles. The van der Waals surface area contributed by atoms with Gasteiger partial charge in [-0.3, -0.25) is 4.79 Å². The van der Waals surface area contributed by atoms with Gasteiger partial charge in [0.05, 0.1) is 5.02 Å². The maximum atomic E-state index is 12.2. The van der Waals surface area contributed by atoms with Crippen LogP contribution in [0.1, 0.15) is 23.1 Å². The average molecular weight is 269 g/mol. The number of rotatable bonds is 3.